The summed E-state index contributed by atoms with van der Waals surface area (Å²) in [4.78, 5) is 10.7. The molecular formula is C14H16N2O3. The number of aryl methyl sites for hydroxylation is 1. The van der Waals surface area contributed by atoms with Crippen molar-refractivity contribution in [3.63, 3.8) is 0 Å². The summed E-state index contributed by atoms with van der Waals surface area (Å²) in [5.74, 6) is -0.0471. The van der Waals surface area contributed by atoms with Crippen LogP contribution in [0.2, 0.25) is 0 Å². The number of benzene rings is 1. The van der Waals surface area contributed by atoms with Gasteiger partial charge in [-0.2, -0.15) is 5.10 Å². The minimum Gasteiger partial charge on any atom is -0.494 e. The van der Waals surface area contributed by atoms with E-state index in [1.807, 2.05) is 31.2 Å². The first-order chi connectivity index (χ1) is 9.10. The first-order valence-electron chi connectivity index (χ1n) is 6.08. The van der Waals surface area contributed by atoms with E-state index >= 15 is 0 Å². The molecule has 0 aliphatic heterocycles. The Kier molecular flexibility index (Phi) is 3.85. The number of carboxylic acid groups (broad SMARTS) is 1. The van der Waals surface area contributed by atoms with Crippen molar-refractivity contribution < 1.29 is 14.6 Å². The molecule has 1 aromatic carbocycles. The SMILES string of the molecule is CCOc1ccc(-c2cc(CC(=O)O)n(C)n2)cc1. The fourth-order valence-electron chi connectivity index (χ4n) is 1.86. The van der Waals surface area contributed by atoms with Crippen LogP contribution in [0.15, 0.2) is 30.3 Å². The molecule has 0 bridgehead atoms. The molecule has 0 saturated carbocycles. The fraction of sp³-hybridized carbons (Fsp3) is 0.286. The van der Waals surface area contributed by atoms with Crippen LogP contribution in [0.5, 0.6) is 5.75 Å². The molecule has 2 aromatic rings. The fourth-order valence-corrected chi connectivity index (χ4v) is 1.86. The number of carboxylic acids is 1. The van der Waals surface area contributed by atoms with Crippen LogP contribution in [0.4, 0.5) is 0 Å². The number of ether oxygens (including phenoxy) is 1. The van der Waals surface area contributed by atoms with Gasteiger partial charge in [0.25, 0.3) is 0 Å². The number of carbonyl (C=O) groups is 1. The third-order valence-corrected chi connectivity index (χ3v) is 2.77. The monoisotopic (exact) mass is 260 g/mol. The number of hydrogen-bond donors (Lipinski definition) is 1. The third kappa shape index (κ3) is 3.13. The van der Waals surface area contributed by atoms with E-state index in [0.717, 1.165) is 17.0 Å². The number of aliphatic carboxylic acids is 1. The maximum Gasteiger partial charge on any atom is 0.309 e. The topological polar surface area (TPSA) is 64.3 Å². The lowest BCUT2D eigenvalue weighted by Crippen LogP contribution is -2.05. The van der Waals surface area contributed by atoms with E-state index in [2.05, 4.69) is 5.10 Å². The highest BCUT2D eigenvalue weighted by Crippen LogP contribution is 2.22. The van der Waals surface area contributed by atoms with E-state index < -0.39 is 5.97 Å². The molecule has 0 aliphatic carbocycles. The molecule has 19 heavy (non-hydrogen) atoms. The average molecular weight is 260 g/mol. The molecule has 1 heterocycles. The van der Waals surface area contributed by atoms with Crippen molar-refractivity contribution in [3.8, 4) is 17.0 Å². The van der Waals surface area contributed by atoms with Crippen molar-refractivity contribution in [1.29, 1.82) is 0 Å². The summed E-state index contributed by atoms with van der Waals surface area (Å²) in [5, 5.41) is 13.1. The number of hydrogen-bond acceptors (Lipinski definition) is 3. The first kappa shape index (κ1) is 13.1. The predicted octanol–water partition coefficient (Wildman–Crippen LogP) is 2.11. The van der Waals surface area contributed by atoms with Crippen LogP contribution in [0.3, 0.4) is 0 Å². The molecule has 0 aliphatic rings. The summed E-state index contributed by atoms with van der Waals surface area (Å²) in [7, 11) is 1.75. The molecule has 5 heteroatoms. The molecule has 0 spiro atoms. The second-order valence-electron chi connectivity index (χ2n) is 4.17. The van der Waals surface area contributed by atoms with Crippen molar-refractivity contribution >= 4 is 5.97 Å². The normalized spacial score (nSPS) is 10.4. The van der Waals surface area contributed by atoms with Gasteiger partial charge in [-0.25, -0.2) is 0 Å². The quantitative estimate of drug-likeness (QED) is 0.894. The van der Waals surface area contributed by atoms with Crippen molar-refractivity contribution in [1.82, 2.24) is 9.78 Å². The van der Waals surface area contributed by atoms with E-state index in [9.17, 15) is 4.79 Å². The molecule has 0 fully saturated rings. The van der Waals surface area contributed by atoms with Gasteiger partial charge in [-0.3, -0.25) is 9.48 Å². The summed E-state index contributed by atoms with van der Waals surface area (Å²) in [6.45, 7) is 2.57. The zero-order valence-corrected chi connectivity index (χ0v) is 11.0. The minimum atomic E-state index is -0.860. The molecule has 5 nitrogen and oxygen atoms in total. The third-order valence-electron chi connectivity index (χ3n) is 2.77. The van der Waals surface area contributed by atoms with Crippen LogP contribution in [0.25, 0.3) is 11.3 Å². The van der Waals surface area contributed by atoms with Crippen LogP contribution in [-0.4, -0.2) is 27.5 Å². The molecule has 1 aromatic heterocycles. The molecule has 1 N–H and O–H groups in total. The Labute approximate surface area is 111 Å². The highest BCUT2D eigenvalue weighted by Gasteiger charge is 2.10. The zero-order chi connectivity index (χ0) is 13.8. The van der Waals surface area contributed by atoms with E-state index in [4.69, 9.17) is 9.84 Å². The molecule has 0 unspecified atom stereocenters. The Morgan fingerprint density at radius 3 is 2.63 bits per heavy atom. The van der Waals surface area contributed by atoms with Gasteiger partial charge in [0.2, 0.25) is 0 Å². The van der Waals surface area contributed by atoms with Gasteiger partial charge in [0.1, 0.15) is 5.75 Å². The van der Waals surface area contributed by atoms with E-state index in [0.29, 0.717) is 12.3 Å². The van der Waals surface area contributed by atoms with Gasteiger partial charge < -0.3 is 9.84 Å². The number of rotatable bonds is 5. The number of aromatic nitrogens is 2. The molecule has 100 valence electrons. The van der Waals surface area contributed by atoms with Gasteiger partial charge in [0, 0.05) is 18.3 Å². The molecule has 2 rings (SSSR count). The summed E-state index contributed by atoms with van der Waals surface area (Å²) in [5.41, 5.74) is 2.38. The Bertz CT molecular complexity index is 573. The van der Waals surface area contributed by atoms with Gasteiger partial charge in [-0.05, 0) is 37.3 Å². The second kappa shape index (κ2) is 5.56. The lowest BCUT2D eigenvalue weighted by Gasteiger charge is -2.02. The highest BCUT2D eigenvalue weighted by atomic mass is 16.5. The Balaban J connectivity index is 2.24. The zero-order valence-electron chi connectivity index (χ0n) is 11.0. The maximum atomic E-state index is 10.7. The summed E-state index contributed by atoms with van der Waals surface area (Å²) >= 11 is 0. The van der Waals surface area contributed by atoms with Crippen molar-refractivity contribution in [2.24, 2.45) is 7.05 Å². The van der Waals surface area contributed by atoms with E-state index in [1.54, 1.807) is 17.8 Å². The Morgan fingerprint density at radius 1 is 1.37 bits per heavy atom. The minimum absolute atomic E-state index is 0.0273. The standard InChI is InChI=1S/C14H16N2O3/c1-3-19-12-6-4-10(5-7-12)13-8-11(9-14(17)18)16(2)15-13/h4-8H,3,9H2,1-2H3,(H,17,18). The molecule has 0 saturated heterocycles. The van der Waals surface area contributed by atoms with E-state index in [-0.39, 0.29) is 6.42 Å². The predicted molar refractivity (Wildman–Crippen MR) is 71.2 cm³/mol. The van der Waals surface area contributed by atoms with Crippen LogP contribution in [0.1, 0.15) is 12.6 Å². The molecular weight excluding hydrogens is 244 g/mol. The van der Waals surface area contributed by atoms with Crippen LogP contribution in [0, 0.1) is 0 Å². The van der Waals surface area contributed by atoms with Crippen molar-refractivity contribution in [3.05, 3.63) is 36.0 Å². The van der Waals surface area contributed by atoms with Gasteiger partial charge in [-0.15, -0.1) is 0 Å². The smallest absolute Gasteiger partial charge is 0.309 e. The lowest BCUT2D eigenvalue weighted by molar-refractivity contribution is -0.136. The van der Waals surface area contributed by atoms with Crippen LogP contribution < -0.4 is 4.74 Å². The first-order valence-corrected chi connectivity index (χ1v) is 6.08. The van der Waals surface area contributed by atoms with Gasteiger partial charge in [0.05, 0.1) is 18.7 Å². The maximum absolute atomic E-state index is 10.7. The van der Waals surface area contributed by atoms with Crippen LogP contribution in [-0.2, 0) is 18.3 Å². The van der Waals surface area contributed by atoms with Crippen molar-refractivity contribution in [2.75, 3.05) is 6.61 Å². The average Bonchev–Trinajstić information content (AvgIpc) is 2.71. The lowest BCUT2D eigenvalue weighted by atomic mass is 10.1. The highest BCUT2D eigenvalue weighted by molar-refractivity contribution is 5.70. The second-order valence-corrected chi connectivity index (χ2v) is 4.17. The Hall–Kier alpha value is -2.30. The molecule has 0 radical (unpaired) electrons. The molecule has 0 amide bonds. The largest absolute Gasteiger partial charge is 0.494 e. The number of nitrogens with zero attached hydrogens (tertiary/aromatic N) is 2. The summed E-state index contributed by atoms with van der Waals surface area (Å²) in [6, 6.07) is 9.38. The van der Waals surface area contributed by atoms with Crippen LogP contribution >= 0.6 is 0 Å². The Morgan fingerprint density at radius 2 is 2.05 bits per heavy atom. The van der Waals surface area contributed by atoms with Gasteiger partial charge >= 0.3 is 5.97 Å². The molecule has 0 atom stereocenters. The van der Waals surface area contributed by atoms with Crippen molar-refractivity contribution in [2.45, 2.75) is 13.3 Å². The summed E-state index contributed by atoms with van der Waals surface area (Å²) in [6.07, 6.45) is -0.0273. The van der Waals surface area contributed by atoms with Gasteiger partial charge in [-0.1, -0.05) is 0 Å². The van der Waals surface area contributed by atoms with E-state index in [1.165, 1.54) is 0 Å². The summed E-state index contributed by atoms with van der Waals surface area (Å²) < 4.78 is 6.97. The van der Waals surface area contributed by atoms with Gasteiger partial charge in [0.15, 0.2) is 0 Å².